The molecule has 0 fully saturated rings. The second-order valence-electron chi connectivity index (χ2n) is 2.80. The molecule has 0 saturated heterocycles. The van der Waals surface area contributed by atoms with E-state index in [1.807, 2.05) is 19.1 Å². The minimum Gasteiger partial charge on any atom is -0.294 e. The van der Waals surface area contributed by atoms with Gasteiger partial charge in [-0.25, -0.2) is 9.67 Å². The fraction of sp³-hybridized carbons (Fsp3) is 0.111. The molecule has 0 amide bonds. The molecule has 0 aliphatic rings. The molecule has 0 saturated carbocycles. The van der Waals surface area contributed by atoms with Crippen molar-refractivity contribution in [3.8, 4) is 5.82 Å². The van der Waals surface area contributed by atoms with E-state index in [1.165, 1.54) is 10.7 Å². The molecule has 0 aromatic carbocycles. The maximum Gasteiger partial charge on any atom is 0.272 e. The van der Waals surface area contributed by atoms with Crippen molar-refractivity contribution in [3.63, 3.8) is 0 Å². The highest BCUT2D eigenvalue weighted by molar-refractivity contribution is 5.85. The first-order chi connectivity index (χ1) is 6.27. The van der Waals surface area contributed by atoms with E-state index in [-0.39, 0.29) is 18.0 Å². The topological polar surface area (TPSA) is 50.7 Å². The van der Waals surface area contributed by atoms with Crippen LogP contribution < -0.4 is 5.56 Å². The predicted octanol–water partition coefficient (Wildman–Crippen LogP) is 1.29. The van der Waals surface area contributed by atoms with Crippen LogP contribution in [0.5, 0.6) is 0 Å². The van der Waals surface area contributed by atoms with Crippen LogP contribution >= 0.6 is 12.4 Å². The van der Waals surface area contributed by atoms with Gasteiger partial charge in [0.2, 0.25) is 0 Å². The van der Waals surface area contributed by atoms with Crippen molar-refractivity contribution in [3.05, 3.63) is 46.5 Å². The van der Waals surface area contributed by atoms with E-state index in [2.05, 4.69) is 10.1 Å². The standard InChI is InChI=1S/C9H9N3O.ClH/c1-7-6-9(13)12(11-7)8-4-2-3-5-10-8;/h2-6,11H,1H3;1H. The molecule has 0 aliphatic carbocycles. The van der Waals surface area contributed by atoms with Gasteiger partial charge >= 0.3 is 0 Å². The van der Waals surface area contributed by atoms with Crippen LogP contribution in [0, 0.1) is 6.92 Å². The van der Waals surface area contributed by atoms with Crippen LogP contribution in [0.15, 0.2) is 35.3 Å². The van der Waals surface area contributed by atoms with Crippen molar-refractivity contribution in [2.24, 2.45) is 0 Å². The largest absolute Gasteiger partial charge is 0.294 e. The molecule has 1 N–H and O–H groups in total. The Morgan fingerprint density at radius 2 is 2.21 bits per heavy atom. The summed E-state index contributed by atoms with van der Waals surface area (Å²) in [5.41, 5.74) is 0.742. The van der Waals surface area contributed by atoms with Crippen molar-refractivity contribution in [2.45, 2.75) is 6.92 Å². The molecule has 0 bridgehead atoms. The Balaban J connectivity index is 0.000000980. The maximum absolute atomic E-state index is 11.3. The fourth-order valence-electron chi connectivity index (χ4n) is 1.17. The minimum atomic E-state index is -0.0869. The van der Waals surface area contributed by atoms with E-state index in [9.17, 15) is 4.79 Å². The highest BCUT2D eigenvalue weighted by Gasteiger charge is 2.01. The molecule has 0 radical (unpaired) electrons. The summed E-state index contributed by atoms with van der Waals surface area (Å²) >= 11 is 0. The Labute approximate surface area is 87.0 Å². The number of rotatable bonds is 1. The summed E-state index contributed by atoms with van der Waals surface area (Å²) in [7, 11) is 0. The molecule has 0 aliphatic heterocycles. The summed E-state index contributed by atoms with van der Waals surface area (Å²) in [5, 5.41) is 2.90. The monoisotopic (exact) mass is 211 g/mol. The summed E-state index contributed by atoms with van der Waals surface area (Å²) < 4.78 is 1.41. The minimum absolute atomic E-state index is 0. The van der Waals surface area contributed by atoms with Crippen molar-refractivity contribution in [1.82, 2.24) is 14.8 Å². The molecular formula is C9H10ClN3O. The molecule has 2 heterocycles. The average molecular weight is 212 g/mol. The number of hydrogen-bond donors (Lipinski definition) is 1. The zero-order chi connectivity index (χ0) is 9.26. The molecule has 74 valence electrons. The summed E-state index contributed by atoms with van der Waals surface area (Å²) in [5.74, 6) is 0.612. The summed E-state index contributed by atoms with van der Waals surface area (Å²) in [6.45, 7) is 1.83. The lowest BCUT2D eigenvalue weighted by molar-refractivity contribution is 0.807. The number of halogens is 1. The van der Waals surface area contributed by atoms with Gasteiger partial charge in [0.25, 0.3) is 5.56 Å². The van der Waals surface area contributed by atoms with Gasteiger partial charge in [0.05, 0.1) is 0 Å². The maximum atomic E-state index is 11.3. The Morgan fingerprint density at radius 1 is 1.43 bits per heavy atom. The van der Waals surface area contributed by atoms with Crippen LogP contribution in [0.1, 0.15) is 5.69 Å². The molecule has 0 unspecified atom stereocenters. The molecule has 2 rings (SSSR count). The summed E-state index contributed by atoms with van der Waals surface area (Å²) in [6, 6.07) is 6.96. The molecule has 5 heteroatoms. The van der Waals surface area contributed by atoms with Gasteiger partial charge < -0.3 is 0 Å². The van der Waals surface area contributed by atoms with Crippen LogP contribution in [-0.4, -0.2) is 14.8 Å². The van der Waals surface area contributed by atoms with Gasteiger partial charge in [0, 0.05) is 18.0 Å². The molecule has 0 spiro atoms. The van der Waals surface area contributed by atoms with Crippen LogP contribution in [0.2, 0.25) is 0 Å². The Hall–Kier alpha value is -1.55. The van der Waals surface area contributed by atoms with Crippen LogP contribution in [0.4, 0.5) is 0 Å². The van der Waals surface area contributed by atoms with Crippen LogP contribution in [0.25, 0.3) is 5.82 Å². The van der Waals surface area contributed by atoms with Crippen LogP contribution in [0.3, 0.4) is 0 Å². The third-order valence-corrected chi connectivity index (χ3v) is 1.73. The molecule has 14 heavy (non-hydrogen) atoms. The number of aromatic amines is 1. The summed E-state index contributed by atoms with van der Waals surface area (Å²) in [6.07, 6.45) is 1.65. The summed E-state index contributed by atoms with van der Waals surface area (Å²) in [4.78, 5) is 15.4. The first kappa shape index (κ1) is 10.5. The van der Waals surface area contributed by atoms with Crippen molar-refractivity contribution < 1.29 is 0 Å². The van der Waals surface area contributed by atoms with E-state index in [0.29, 0.717) is 5.82 Å². The van der Waals surface area contributed by atoms with Gasteiger partial charge in [-0.2, -0.15) is 0 Å². The van der Waals surface area contributed by atoms with Crippen molar-refractivity contribution >= 4 is 12.4 Å². The molecular weight excluding hydrogens is 202 g/mol. The first-order valence-electron chi connectivity index (χ1n) is 3.97. The Morgan fingerprint density at radius 3 is 2.71 bits per heavy atom. The molecule has 0 atom stereocenters. The third-order valence-electron chi connectivity index (χ3n) is 1.73. The first-order valence-corrected chi connectivity index (χ1v) is 3.97. The van der Waals surface area contributed by atoms with E-state index in [4.69, 9.17) is 0 Å². The number of nitrogens with one attached hydrogen (secondary N) is 1. The fourth-order valence-corrected chi connectivity index (χ4v) is 1.17. The van der Waals surface area contributed by atoms with Gasteiger partial charge in [0.1, 0.15) is 0 Å². The average Bonchev–Trinajstić information content (AvgIpc) is 2.47. The molecule has 2 aromatic heterocycles. The van der Waals surface area contributed by atoms with Gasteiger partial charge in [-0.1, -0.05) is 6.07 Å². The van der Waals surface area contributed by atoms with Crippen molar-refractivity contribution in [2.75, 3.05) is 0 Å². The van der Waals surface area contributed by atoms with Gasteiger partial charge in [-0.05, 0) is 19.1 Å². The SMILES string of the molecule is Cc1cc(=O)n(-c2ccccn2)[nH]1.Cl. The zero-order valence-electron chi connectivity index (χ0n) is 7.60. The van der Waals surface area contributed by atoms with Gasteiger partial charge in [-0.3, -0.25) is 9.89 Å². The second-order valence-corrected chi connectivity index (χ2v) is 2.80. The van der Waals surface area contributed by atoms with Gasteiger partial charge in [-0.15, -0.1) is 12.4 Å². The number of aryl methyl sites for hydroxylation is 1. The quantitative estimate of drug-likeness (QED) is 0.773. The number of pyridine rings is 1. The van der Waals surface area contributed by atoms with E-state index in [1.54, 1.807) is 12.3 Å². The predicted molar refractivity (Wildman–Crippen MR) is 56.2 cm³/mol. The highest BCUT2D eigenvalue weighted by Crippen LogP contribution is 1.97. The van der Waals surface area contributed by atoms with E-state index in [0.717, 1.165) is 5.69 Å². The normalized spacial score (nSPS) is 9.50. The lowest BCUT2D eigenvalue weighted by Gasteiger charge is -1.98. The molecule has 4 nitrogen and oxygen atoms in total. The number of aromatic nitrogens is 3. The van der Waals surface area contributed by atoms with E-state index >= 15 is 0 Å². The Bertz CT molecular complexity index is 460. The second kappa shape index (κ2) is 4.11. The zero-order valence-corrected chi connectivity index (χ0v) is 8.41. The molecule has 2 aromatic rings. The number of H-pyrrole nitrogens is 1. The number of hydrogen-bond acceptors (Lipinski definition) is 2. The third kappa shape index (κ3) is 1.85. The van der Waals surface area contributed by atoms with Gasteiger partial charge in [0.15, 0.2) is 5.82 Å². The van der Waals surface area contributed by atoms with Crippen molar-refractivity contribution in [1.29, 1.82) is 0 Å². The lowest BCUT2D eigenvalue weighted by Crippen LogP contribution is -2.14. The number of nitrogens with zero attached hydrogens (tertiary/aromatic N) is 2. The van der Waals surface area contributed by atoms with Crippen LogP contribution in [-0.2, 0) is 0 Å². The smallest absolute Gasteiger partial charge is 0.272 e. The Kier molecular flexibility index (Phi) is 3.09. The van der Waals surface area contributed by atoms with E-state index < -0.39 is 0 Å². The lowest BCUT2D eigenvalue weighted by atomic mass is 10.5. The highest BCUT2D eigenvalue weighted by atomic mass is 35.5.